The van der Waals surface area contributed by atoms with Crippen LogP contribution in [0.4, 0.5) is 0 Å². The van der Waals surface area contributed by atoms with Crippen LogP contribution in [-0.2, 0) is 4.74 Å². The predicted molar refractivity (Wildman–Crippen MR) is 79.0 cm³/mol. The smallest absolute Gasteiger partial charge is 0.255 e. The number of carbonyl (C=O) groups excluding carboxylic acids is 1. The second kappa shape index (κ2) is 5.51. The summed E-state index contributed by atoms with van der Waals surface area (Å²) in [5, 5.41) is 14.6. The van der Waals surface area contributed by atoms with Crippen LogP contribution in [-0.4, -0.2) is 30.3 Å². The first-order valence-electron chi connectivity index (χ1n) is 6.48. The lowest BCUT2D eigenvalue weighted by molar-refractivity contribution is 0.0228. The third kappa shape index (κ3) is 3.08. The monoisotopic (exact) mass is 273 g/mol. The SMILES string of the molecule is COC(C)(C)CNC(=O)c1cc2ccccc2cc1O. The van der Waals surface area contributed by atoms with Crippen molar-refractivity contribution in [3.05, 3.63) is 42.0 Å². The van der Waals surface area contributed by atoms with Crippen molar-refractivity contribution in [1.29, 1.82) is 0 Å². The summed E-state index contributed by atoms with van der Waals surface area (Å²) in [7, 11) is 1.60. The Bertz CT molecular complexity index is 635. The molecule has 2 N–H and O–H groups in total. The molecule has 1 amide bonds. The molecule has 0 atom stereocenters. The molecule has 0 saturated heterocycles. The average molecular weight is 273 g/mol. The van der Waals surface area contributed by atoms with Gasteiger partial charge in [0.05, 0.1) is 11.2 Å². The van der Waals surface area contributed by atoms with E-state index in [1.165, 1.54) is 0 Å². The number of fused-ring (bicyclic) bond motifs is 1. The Morgan fingerprint density at radius 2 is 1.85 bits per heavy atom. The van der Waals surface area contributed by atoms with E-state index in [-0.39, 0.29) is 17.2 Å². The summed E-state index contributed by atoms with van der Waals surface area (Å²) in [6, 6.07) is 10.9. The molecule has 0 aliphatic rings. The number of rotatable bonds is 4. The van der Waals surface area contributed by atoms with Crippen LogP contribution in [0.15, 0.2) is 36.4 Å². The Hall–Kier alpha value is -2.07. The molecule has 106 valence electrons. The van der Waals surface area contributed by atoms with E-state index in [1.807, 2.05) is 38.1 Å². The number of hydrogen-bond acceptors (Lipinski definition) is 3. The third-order valence-electron chi connectivity index (χ3n) is 3.34. The lowest BCUT2D eigenvalue weighted by Crippen LogP contribution is -2.39. The van der Waals surface area contributed by atoms with Gasteiger partial charge in [0.15, 0.2) is 0 Å². The van der Waals surface area contributed by atoms with Crippen LogP contribution in [0.25, 0.3) is 10.8 Å². The normalized spacial score (nSPS) is 11.6. The first kappa shape index (κ1) is 14.3. The molecule has 0 unspecified atom stereocenters. The molecule has 0 radical (unpaired) electrons. The Labute approximate surface area is 118 Å². The Balaban J connectivity index is 2.24. The molecule has 0 aliphatic carbocycles. The standard InChI is InChI=1S/C16H19NO3/c1-16(2,20-3)10-17-15(19)13-8-11-6-4-5-7-12(11)9-14(13)18/h4-9,18H,10H2,1-3H3,(H,17,19). The van der Waals surface area contributed by atoms with E-state index in [9.17, 15) is 9.90 Å². The molecule has 0 saturated carbocycles. The van der Waals surface area contributed by atoms with E-state index < -0.39 is 5.60 Å². The minimum atomic E-state index is -0.442. The molecule has 0 bridgehead atoms. The van der Waals surface area contributed by atoms with Crippen LogP contribution < -0.4 is 5.32 Å². The highest BCUT2D eigenvalue weighted by Gasteiger charge is 2.19. The van der Waals surface area contributed by atoms with E-state index in [0.29, 0.717) is 6.54 Å². The minimum Gasteiger partial charge on any atom is -0.507 e. The van der Waals surface area contributed by atoms with Crippen molar-refractivity contribution in [2.75, 3.05) is 13.7 Å². The molecule has 0 aromatic heterocycles. The molecule has 4 heteroatoms. The molecule has 0 heterocycles. The number of carbonyl (C=O) groups is 1. The van der Waals surface area contributed by atoms with Gasteiger partial charge >= 0.3 is 0 Å². The van der Waals surface area contributed by atoms with Crippen LogP contribution in [0, 0.1) is 0 Å². The number of ether oxygens (including phenoxy) is 1. The molecular weight excluding hydrogens is 254 g/mol. The fraction of sp³-hybridized carbons (Fsp3) is 0.312. The van der Waals surface area contributed by atoms with E-state index in [1.54, 1.807) is 19.2 Å². The highest BCUT2D eigenvalue weighted by atomic mass is 16.5. The zero-order chi connectivity index (χ0) is 14.8. The van der Waals surface area contributed by atoms with Crippen molar-refractivity contribution in [1.82, 2.24) is 5.32 Å². The second-order valence-corrected chi connectivity index (χ2v) is 5.36. The number of phenols is 1. The third-order valence-corrected chi connectivity index (χ3v) is 3.34. The molecule has 20 heavy (non-hydrogen) atoms. The fourth-order valence-corrected chi connectivity index (χ4v) is 1.87. The average Bonchev–Trinajstić information content (AvgIpc) is 2.44. The van der Waals surface area contributed by atoms with Gasteiger partial charge < -0.3 is 15.2 Å². The summed E-state index contributed by atoms with van der Waals surface area (Å²) in [6.45, 7) is 4.13. The number of aromatic hydroxyl groups is 1. The van der Waals surface area contributed by atoms with E-state index in [4.69, 9.17) is 4.74 Å². The fourth-order valence-electron chi connectivity index (χ4n) is 1.87. The zero-order valence-corrected chi connectivity index (χ0v) is 11.9. The first-order valence-corrected chi connectivity index (χ1v) is 6.48. The number of nitrogens with one attached hydrogen (secondary N) is 1. The van der Waals surface area contributed by atoms with Gasteiger partial charge in [-0.3, -0.25) is 4.79 Å². The van der Waals surface area contributed by atoms with Crippen LogP contribution in [0.2, 0.25) is 0 Å². The van der Waals surface area contributed by atoms with Crippen molar-refractivity contribution >= 4 is 16.7 Å². The van der Waals surface area contributed by atoms with Crippen molar-refractivity contribution in [3.8, 4) is 5.75 Å². The van der Waals surface area contributed by atoms with E-state index in [2.05, 4.69) is 5.32 Å². The number of hydrogen-bond donors (Lipinski definition) is 2. The molecule has 0 aliphatic heterocycles. The van der Waals surface area contributed by atoms with Gasteiger partial charge in [-0.25, -0.2) is 0 Å². The van der Waals surface area contributed by atoms with Gasteiger partial charge in [-0.05, 0) is 36.8 Å². The Kier molecular flexibility index (Phi) is 3.95. The van der Waals surface area contributed by atoms with Gasteiger partial charge in [-0.1, -0.05) is 24.3 Å². The van der Waals surface area contributed by atoms with Gasteiger partial charge in [0.2, 0.25) is 0 Å². The largest absolute Gasteiger partial charge is 0.507 e. The maximum Gasteiger partial charge on any atom is 0.255 e. The number of methoxy groups -OCH3 is 1. The summed E-state index contributed by atoms with van der Waals surface area (Å²) < 4.78 is 5.25. The summed E-state index contributed by atoms with van der Waals surface area (Å²) in [4.78, 5) is 12.1. The minimum absolute atomic E-state index is 0.0172. The lowest BCUT2D eigenvalue weighted by atomic mass is 10.0. The molecule has 0 spiro atoms. The maximum absolute atomic E-state index is 12.1. The van der Waals surface area contributed by atoms with Gasteiger partial charge in [-0.15, -0.1) is 0 Å². The summed E-state index contributed by atoms with van der Waals surface area (Å²) in [6.07, 6.45) is 0. The second-order valence-electron chi connectivity index (χ2n) is 5.36. The van der Waals surface area contributed by atoms with E-state index >= 15 is 0 Å². The zero-order valence-electron chi connectivity index (χ0n) is 11.9. The lowest BCUT2D eigenvalue weighted by Gasteiger charge is -2.23. The van der Waals surface area contributed by atoms with Crippen molar-refractivity contribution in [2.24, 2.45) is 0 Å². The Morgan fingerprint density at radius 3 is 2.45 bits per heavy atom. The highest BCUT2D eigenvalue weighted by molar-refractivity contribution is 6.01. The maximum atomic E-state index is 12.1. The van der Waals surface area contributed by atoms with Crippen LogP contribution in [0.5, 0.6) is 5.75 Å². The molecular formula is C16H19NO3. The topological polar surface area (TPSA) is 58.6 Å². The van der Waals surface area contributed by atoms with Crippen molar-refractivity contribution in [2.45, 2.75) is 19.4 Å². The van der Waals surface area contributed by atoms with Gasteiger partial charge in [-0.2, -0.15) is 0 Å². The summed E-state index contributed by atoms with van der Waals surface area (Å²) in [5.41, 5.74) is -0.169. The van der Waals surface area contributed by atoms with Crippen molar-refractivity contribution in [3.63, 3.8) is 0 Å². The highest BCUT2D eigenvalue weighted by Crippen LogP contribution is 2.24. The van der Waals surface area contributed by atoms with Crippen LogP contribution >= 0.6 is 0 Å². The summed E-state index contributed by atoms with van der Waals surface area (Å²) in [5.74, 6) is -0.324. The first-order chi connectivity index (χ1) is 9.43. The number of amides is 1. The van der Waals surface area contributed by atoms with Crippen LogP contribution in [0.1, 0.15) is 24.2 Å². The van der Waals surface area contributed by atoms with Gasteiger partial charge in [0.1, 0.15) is 5.75 Å². The predicted octanol–water partition coefficient (Wildman–Crippen LogP) is 2.70. The molecule has 2 rings (SSSR count). The molecule has 4 nitrogen and oxygen atoms in total. The number of benzene rings is 2. The Morgan fingerprint density at radius 1 is 1.25 bits per heavy atom. The van der Waals surface area contributed by atoms with Crippen LogP contribution in [0.3, 0.4) is 0 Å². The van der Waals surface area contributed by atoms with E-state index in [0.717, 1.165) is 10.8 Å². The summed E-state index contributed by atoms with van der Waals surface area (Å²) >= 11 is 0. The quantitative estimate of drug-likeness (QED) is 0.900. The molecule has 2 aromatic rings. The molecule has 2 aromatic carbocycles. The van der Waals surface area contributed by atoms with Gasteiger partial charge in [0.25, 0.3) is 5.91 Å². The number of phenolic OH excluding ortho intramolecular Hbond substituents is 1. The van der Waals surface area contributed by atoms with Crippen molar-refractivity contribution < 1.29 is 14.6 Å². The molecule has 0 fully saturated rings. The van der Waals surface area contributed by atoms with Gasteiger partial charge in [0, 0.05) is 13.7 Å².